The Bertz CT molecular complexity index is 578. The number of hydrogen-bond acceptors (Lipinski definition) is 4. The number of aryl methyl sites for hydroxylation is 2. The van der Waals surface area contributed by atoms with E-state index in [0.717, 1.165) is 5.56 Å². The molecule has 0 unspecified atom stereocenters. The Morgan fingerprint density at radius 3 is 2.89 bits per heavy atom. The molecule has 2 aromatic rings. The lowest BCUT2D eigenvalue weighted by molar-refractivity contribution is 0.0691. The van der Waals surface area contributed by atoms with Crippen LogP contribution < -0.4 is 4.74 Å². The lowest BCUT2D eigenvalue weighted by Gasteiger charge is -2.09. The molecular formula is C12H13N3O3. The van der Waals surface area contributed by atoms with Gasteiger partial charge in [0.2, 0.25) is 0 Å². The van der Waals surface area contributed by atoms with Crippen LogP contribution in [0.3, 0.4) is 0 Å². The summed E-state index contributed by atoms with van der Waals surface area (Å²) in [6.07, 6.45) is 1.56. The minimum Gasteiger partial charge on any atom is -0.485 e. The van der Waals surface area contributed by atoms with Crippen LogP contribution in [0.15, 0.2) is 24.5 Å². The van der Waals surface area contributed by atoms with E-state index in [1.807, 2.05) is 6.92 Å². The molecule has 0 saturated carbocycles. The number of benzene rings is 1. The monoisotopic (exact) mass is 247 g/mol. The molecule has 0 aliphatic heterocycles. The molecule has 6 heteroatoms. The fourth-order valence-electron chi connectivity index (χ4n) is 1.51. The molecular weight excluding hydrogens is 234 g/mol. The predicted molar refractivity (Wildman–Crippen MR) is 63.5 cm³/mol. The van der Waals surface area contributed by atoms with Gasteiger partial charge < -0.3 is 14.4 Å². The van der Waals surface area contributed by atoms with Crippen LogP contribution in [0.4, 0.5) is 0 Å². The van der Waals surface area contributed by atoms with Crippen molar-refractivity contribution in [1.82, 2.24) is 14.8 Å². The standard InChI is InChI=1S/C12H13N3O3/c1-8-3-4-9(12(16)17)10(5-8)18-6-11-14-13-7-15(11)2/h3-5,7H,6H2,1-2H3,(H,16,17). The first-order valence-electron chi connectivity index (χ1n) is 5.37. The predicted octanol–water partition coefficient (Wildman–Crippen LogP) is 1.40. The van der Waals surface area contributed by atoms with Gasteiger partial charge in [0, 0.05) is 7.05 Å². The summed E-state index contributed by atoms with van der Waals surface area (Å²) in [6, 6.07) is 4.96. The number of carboxylic acid groups (broad SMARTS) is 1. The van der Waals surface area contributed by atoms with Gasteiger partial charge in [0.15, 0.2) is 5.82 Å². The van der Waals surface area contributed by atoms with Crippen molar-refractivity contribution < 1.29 is 14.6 Å². The number of carboxylic acids is 1. The smallest absolute Gasteiger partial charge is 0.339 e. The van der Waals surface area contributed by atoms with Gasteiger partial charge in [-0.2, -0.15) is 0 Å². The Hall–Kier alpha value is -2.37. The Morgan fingerprint density at radius 1 is 1.50 bits per heavy atom. The fourth-order valence-corrected chi connectivity index (χ4v) is 1.51. The molecule has 18 heavy (non-hydrogen) atoms. The SMILES string of the molecule is Cc1ccc(C(=O)O)c(OCc2nncn2C)c1. The van der Waals surface area contributed by atoms with E-state index in [1.165, 1.54) is 6.07 Å². The first-order valence-corrected chi connectivity index (χ1v) is 5.37. The second-order valence-corrected chi connectivity index (χ2v) is 3.95. The van der Waals surface area contributed by atoms with Crippen LogP contribution in [-0.4, -0.2) is 25.8 Å². The summed E-state index contributed by atoms with van der Waals surface area (Å²) in [5.74, 6) is -0.0405. The second-order valence-electron chi connectivity index (χ2n) is 3.95. The minimum absolute atomic E-state index is 0.141. The van der Waals surface area contributed by atoms with Crippen LogP contribution in [0.1, 0.15) is 21.7 Å². The Balaban J connectivity index is 2.20. The number of aromatic nitrogens is 3. The largest absolute Gasteiger partial charge is 0.485 e. The van der Waals surface area contributed by atoms with Gasteiger partial charge in [0.25, 0.3) is 0 Å². The highest BCUT2D eigenvalue weighted by atomic mass is 16.5. The van der Waals surface area contributed by atoms with Crippen molar-refractivity contribution in [2.45, 2.75) is 13.5 Å². The van der Waals surface area contributed by atoms with Gasteiger partial charge >= 0.3 is 5.97 Å². The summed E-state index contributed by atoms with van der Waals surface area (Å²) < 4.78 is 7.22. The maximum atomic E-state index is 11.0. The molecule has 94 valence electrons. The number of rotatable bonds is 4. The molecule has 1 aromatic heterocycles. The van der Waals surface area contributed by atoms with Crippen molar-refractivity contribution in [1.29, 1.82) is 0 Å². The zero-order chi connectivity index (χ0) is 13.1. The molecule has 0 saturated heterocycles. The number of hydrogen-bond donors (Lipinski definition) is 1. The van der Waals surface area contributed by atoms with Gasteiger partial charge in [0.1, 0.15) is 24.2 Å². The first-order chi connectivity index (χ1) is 8.58. The van der Waals surface area contributed by atoms with E-state index in [0.29, 0.717) is 11.6 Å². The van der Waals surface area contributed by atoms with E-state index in [-0.39, 0.29) is 12.2 Å². The third-order valence-electron chi connectivity index (χ3n) is 2.53. The fraction of sp³-hybridized carbons (Fsp3) is 0.250. The number of ether oxygens (including phenoxy) is 1. The van der Waals surface area contributed by atoms with Gasteiger partial charge in [-0.05, 0) is 24.6 Å². The average Bonchev–Trinajstić information content (AvgIpc) is 2.72. The lowest BCUT2D eigenvalue weighted by Crippen LogP contribution is -2.07. The molecule has 0 atom stereocenters. The number of nitrogens with zero attached hydrogens (tertiary/aromatic N) is 3. The molecule has 0 amide bonds. The minimum atomic E-state index is -1.01. The molecule has 6 nitrogen and oxygen atoms in total. The lowest BCUT2D eigenvalue weighted by atomic mass is 10.1. The van der Waals surface area contributed by atoms with E-state index >= 15 is 0 Å². The Morgan fingerprint density at radius 2 is 2.28 bits per heavy atom. The summed E-state index contributed by atoms with van der Waals surface area (Å²) in [5.41, 5.74) is 1.08. The molecule has 1 N–H and O–H groups in total. The second kappa shape index (κ2) is 4.87. The zero-order valence-corrected chi connectivity index (χ0v) is 10.1. The summed E-state index contributed by atoms with van der Waals surface area (Å²) in [7, 11) is 1.80. The van der Waals surface area contributed by atoms with E-state index in [4.69, 9.17) is 9.84 Å². The normalized spacial score (nSPS) is 10.3. The molecule has 0 aliphatic carbocycles. The number of carbonyl (C=O) groups is 1. The van der Waals surface area contributed by atoms with Crippen molar-refractivity contribution >= 4 is 5.97 Å². The van der Waals surface area contributed by atoms with E-state index in [2.05, 4.69) is 10.2 Å². The van der Waals surface area contributed by atoms with Crippen LogP contribution in [-0.2, 0) is 13.7 Å². The summed E-state index contributed by atoms with van der Waals surface area (Å²) >= 11 is 0. The first kappa shape index (κ1) is 12.1. The van der Waals surface area contributed by atoms with Gasteiger partial charge in [-0.1, -0.05) is 6.07 Å². The highest BCUT2D eigenvalue weighted by molar-refractivity contribution is 5.90. The van der Waals surface area contributed by atoms with E-state index in [1.54, 1.807) is 30.1 Å². The molecule has 0 radical (unpaired) electrons. The van der Waals surface area contributed by atoms with Gasteiger partial charge in [-0.15, -0.1) is 10.2 Å². The van der Waals surface area contributed by atoms with Crippen LogP contribution in [0.2, 0.25) is 0 Å². The van der Waals surface area contributed by atoms with Crippen LogP contribution in [0, 0.1) is 6.92 Å². The molecule has 0 spiro atoms. The van der Waals surface area contributed by atoms with Gasteiger partial charge in [0.05, 0.1) is 0 Å². The molecule has 1 heterocycles. The van der Waals surface area contributed by atoms with Gasteiger partial charge in [-0.3, -0.25) is 0 Å². The molecule has 2 rings (SSSR count). The number of aromatic carboxylic acids is 1. The molecule has 0 fully saturated rings. The highest BCUT2D eigenvalue weighted by Gasteiger charge is 2.12. The third-order valence-corrected chi connectivity index (χ3v) is 2.53. The molecule has 0 bridgehead atoms. The van der Waals surface area contributed by atoms with Crippen LogP contribution in [0.5, 0.6) is 5.75 Å². The van der Waals surface area contributed by atoms with Crippen molar-refractivity contribution in [3.05, 3.63) is 41.5 Å². The average molecular weight is 247 g/mol. The quantitative estimate of drug-likeness (QED) is 0.883. The third kappa shape index (κ3) is 2.48. The van der Waals surface area contributed by atoms with E-state index in [9.17, 15) is 4.79 Å². The maximum Gasteiger partial charge on any atom is 0.339 e. The summed E-state index contributed by atoms with van der Waals surface area (Å²) in [5, 5.41) is 16.6. The maximum absolute atomic E-state index is 11.0. The molecule has 0 aliphatic rings. The van der Waals surface area contributed by atoms with Gasteiger partial charge in [-0.25, -0.2) is 4.79 Å². The topological polar surface area (TPSA) is 77.2 Å². The highest BCUT2D eigenvalue weighted by Crippen LogP contribution is 2.21. The van der Waals surface area contributed by atoms with Crippen molar-refractivity contribution in [3.8, 4) is 5.75 Å². The van der Waals surface area contributed by atoms with Crippen LogP contribution >= 0.6 is 0 Å². The Kier molecular flexibility index (Phi) is 3.27. The molecule has 1 aromatic carbocycles. The van der Waals surface area contributed by atoms with Crippen molar-refractivity contribution in [3.63, 3.8) is 0 Å². The Labute approximate surface area is 104 Å². The summed E-state index contributed by atoms with van der Waals surface area (Å²) in [6.45, 7) is 2.06. The van der Waals surface area contributed by atoms with Crippen molar-refractivity contribution in [2.75, 3.05) is 0 Å². The summed E-state index contributed by atoms with van der Waals surface area (Å²) in [4.78, 5) is 11.0. The van der Waals surface area contributed by atoms with Crippen LogP contribution in [0.25, 0.3) is 0 Å². The zero-order valence-electron chi connectivity index (χ0n) is 10.1. The van der Waals surface area contributed by atoms with E-state index < -0.39 is 5.97 Å². The van der Waals surface area contributed by atoms with Crippen molar-refractivity contribution in [2.24, 2.45) is 7.05 Å².